The Morgan fingerprint density at radius 2 is 2.11 bits per heavy atom. The summed E-state index contributed by atoms with van der Waals surface area (Å²) in [4.78, 5) is 24.4. The van der Waals surface area contributed by atoms with Gasteiger partial charge in [0.25, 0.3) is 0 Å². The summed E-state index contributed by atoms with van der Waals surface area (Å²) in [7, 11) is 1.64. The van der Waals surface area contributed by atoms with Gasteiger partial charge in [0.1, 0.15) is 22.6 Å². The molecule has 0 aliphatic carbocycles. The van der Waals surface area contributed by atoms with Crippen molar-refractivity contribution in [1.29, 1.82) is 0 Å². The molecule has 4 aromatic rings. The number of aromatic amines is 1. The summed E-state index contributed by atoms with van der Waals surface area (Å²) in [5.41, 5.74) is 4.50. The quantitative estimate of drug-likeness (QED) is 0.403. The first kappa shape index (κ1) is 17.4. The van der Waals surface area contributed by atoms with Gasteiger partial charge < -0.3 is 15.0 Å². The fraction of sp³-hybridized carbons (Fsp3) is 0.150. The minimum absolute atomic E-state index is 0.0739. The first-order valence-electron chi connectivity index (χ1n) is 8.44. The van der Waals surface area contributed by atoms with Crippen molar-refractivity contribution in [2.24, 2.45) is 0 Å². The molecule has 0 spiro atoms. The molecule has 2 heterocycles. The van der Waals surface area contributed by atoms with Gasteiger partial charge in [-0.3, -0.25) is 4.79 Å². The number of amides is 1. The van der Waals surface area contributed by atoms with Crippen LogP contribution in [0.25, 0.3) is 21.9 Å². The largest absolute Gasteiger partial charge is 0.497 e. The van der Waals surface area contributed by atoms with Crippen molar-refractivity contribution < 1.29 is 9.53 Å². The van der Waals surface area contributed by atoms with Crippen LogP contribution in [0.15, 0.2) is 53.8 Å². The number of anilines is 1. The minimum atomic E-state index is -0.0739. The second-order valence-corrected chi connectivity index (χ2v) is 7.11. The van der Waals surface area contributed by atoms with E-state index < -0.39 is 0 Å². The molecule has 27 heavy (non-hydrogen) atoms. The third-order valence-corrected chi connectivity index (χ3v) is 5.19. The zero-order valence-corrected chi connectivity index (χ0v) is 15.8. The first-order valence-corrected chi connectivity index (χ1v) is 9.42. The van der Waals surface area contributed by atoms with Gasteiger partial charge in [-0.1, -0.05) is 23.9 Å². The molecule has 0 radical (unpaired) electrons. The Labute approximate surface area is 160 Å². The lowest BCUT2D eigenvalue weighted by atomic mass is 10.2. The molecule has 1 amide bonds. The topological polar surface area (TPSA) is 79.9 Å². The van der Waals surface area contributed by atoms with Crippen molar-refractivity contribution in [2.75, 3.05) is 18.2 Å². The highest BCUT2D eigenvalue weighted by molar-refractivity contribution is 8.00. The van der Waals surface area contributed by atoms with Crippen molar-refractivity contribution in [1.82, 2.24) is 15.0 Å². The Kier molecular flexibility index (Phi) is 4.68. The van der Waals surface area contributed by atoms with E-state index in [1.807, 2.05) is 49.4 Å². The molecule has 0 aliphatic heterocycles. The molecule has 136 valence electrons. The summed E-state index contributed by atoms with van der Waals surface area (Å²) >= 11 is 1.38. The minimum Gasteiger partial charge on any atom is -0.497 e. The first-order chi connectivity index (χ1) is 13.1. The van der Waals surface area contributed by atoms with Crippen LogP contribution < -0.4 is 10.1 Å². The Balaban J connectivity index is 1.56. The lowest BCUT2D eigenvalue weighted by molar-refractivity contribution is -0.113. The van der Waals surface area contributed by atoms with E-state index in [2.05, 4.69) is 20.3 Å². The van der Waals surface area contributed by atoms with Crippen molar-refractivity contribution in [3.8, 4) is 5.75 Å². The predicted molar refractivity (Wildman–Crippen MR) is 108 cm³/mol. The number of hydrogen-bond donors (Lipinski definition) is 2. The van der Waals surface area contributed by atoms with Crippen LogP contribution in [0.2, 0.25) is 0 Å². The van der Waals surface area contributed by atoms with Crippen molar-refractivity contribution >= 4 is 45.3 Å². The molecule has 4 rings (SSSR count). The maximum Gasteiger partial charge on any atom is 0.234 e. The number of aryl methyl sites for hydroxylation is 1. The molecule has 2 aromatic heterocycles. The highest BCUT2D eigenvalue weighted by Crippen LogP contribution is 2.31. The monoisotopic (exact) mass is 378 g/mol. The van der Waals surface area contributed by atoms with E-state index in [0.717, 1.165) is 44.0 Å². The number of nitrogens with one attached hydrogen (secondary N) is 2. The Morgan fingerprint density at radius 1 is 1.22 bits per heavy atom. The van der Waals surface area contributed by atoms with E-state index in [1.54, 1.807) is 7.11 Å². The number of aromatic nitrogens is 3. The van der Waals surface area contributed by atoms with Gasteiger partial charge >= 0.3 is 0 Å². The van der Waals surface area contributed by atoms with Gasteiger partial charge in [0.2, 0.25) is 5.91 Å². The van der Waals surface area contributed by atoms with Gasteiger partial charge in [-0.2, -0.15) is 0 Å². The van der Waals surface area contributed by atoms with Crippen LogP contribution in [0.3, 0.4) is 0 Å². The van der Waals surface area contributed by atoms with Crippen molar-refractivity contribution in [3.63, 3.8) is 0 Å². The molecule has 2 N–H and O–H groups in total. The molecule has 0 aliphatic rings. The molecule has 0 saturated carbocycles. The average Bonchev–Trinajstić information content (AvgIpc) is 3.04. The fourth-order valence-corrected chi connectivity index (χ4v) is 3.69. The third-order valence-electron chi connectivity index (χ3n) is 4.20. The number of hydrogen-bond acceptors (Lipinski definition) is 5. The van der Waals surface area contributed by atoms with Gasteiger partial charge in [0, 0.05) is 16.6 Å². The number of thioether (sulfide) groups is 1. The molecular weight excluding hydrogens is 360 g/mol. The van der Waals surface area contributed by atoms with Crippen LogP contribution in [0, 0.1) is 6.92 Å². The standard InChI is InChI=1S/C20H18N4O2S/c1-12-4-3-5-13(8-12)23-17(25)10-27-20-19-18(21-11-22-20)15-9-14(26-2)6-7-16(15)24-19/h3-9,11,24H,10H2,1-2H3,(H,23,25). The maximum absolute atomic E-state index is 12.3. The van der Waals surface area contributed by atoms with Crippen LogP contribution in [0.4, 0.5) is 5.69 Å². The summed E-state index contributed by atoms with van der Waals surface area (Å²) in [5, 5.41) is 4.63. The summed E-state index contributed by atoms with van der Waals surface area (Å²) in [5.74, 6) is 0.961. The molecule has 6 nitrogen and oxygen atoms in total. The van der Waals surface area contributed by atoms with E-state index in [-0.39, 0.29) is 11.7 Å². The van der Waals surface area contributed by atoms with E-state index in [9.17, 15) is 4.79 Å². The van der Waals surface area contributed by atoms with E-state index in [1.165, 1.54) is 18.1 Å². The number of carbonyl (C=O) groups is 1. The predicted octanol–water partition coefficient (Wildman–Crippen LogP) is 4.16. The molecule has 0 bridgehead atoms. The Morgan fingerprint density at radius 3 is 2.93 bits per heavy atom. The SMILES string of the molecule is COc1ccc2[nH]c3c(SCC(=O)Nc4cccc(C)c4)ncnc3c2c1. The highest BCUT2D eigenvalue weighted by Gasteiger charge is 2.13. The van der Waals surface area contributed by atoms with Crippen LogP contribution in [-0.2, 0) is 4.79 Å². The Hall–Kier alpha value is -3.06. The zero-order chi connectivity index (χ0) is 18.8. The normalized spacial score (nSPS) is 11.0. The van der Waals surface area contributed by atoms with Gasteiger partial charge in [0.05, 0.1) is 18.4 Å². The lowest BCUT2D eigenvalue weighted by Gasteiger charge is -2.06. The summed E-state index contributed by atoms with van der Waals surface area (Å²) in [6.07, 6.45) is 1.52. The number of fused-ring (bicyclic) bond motifs is 3. The molecular formula is C20H18N4O2S. The van der Waals surface area contributed by atoms with Crippen LogP contribution in [-0.4, -0.2) is 33.7 Å². The molecule has 0 unspecified atom stereocenters. The summed E-state index contributed by atoms with van der Waals surface area (Å²) in [6, 6.07) is 13.5. The van der Waals surface area contributed by atoms with Crippen molar-refractivity contribution in [2.45, 2.75) is 11.9 Å². The van der Waals surface area contributed by atoms with Crippen LogP contribution >= 0.6 is 11.8 Å². The fourth-order valence-electron chi connectivity index (χ4n) is 2.94. The average molecular weight is 378 g/mol. The summed E-state index contributed by atoms with van der Waals surface area (Å²) in [6.45, 7) is 1.99. The Bertz CT molecular complexity index is 1140. The summed E-state index contributed by atoms with van der Waals surface area (Å²) < 4.78 is 5.30. The van der Waals surface area contributed by atoms with E-state index >= 15 is 0 Å². The van der Waals surface area contributed by atoms with E-state index in [4.69, 9.17) is 4.74 Å². The van der Waals surface area contributed by atoms with Crippen LogP contribution in [0.1, 0.15) is 5.56 Å². The lowest BCUT2D eigenvalue weighted by Crippen LogP contribution is -2.14. The molecule has 0 fully saturated rings. The number of rotatable bonds is 5. The van der Waals surface area contributed by atoms with Gasteiger partial charge in [0.15, 0.2) is 0 Å². The second-order valence-electron chi connectivity index (χ2n) is 6.15. The smallest absolute Gasteiger partial charge is 0.234 e. The molecule has 2 aromatic carbocycles. The number of H-pyrrole nitrogens is 1. The van der Waals surface area contributed by atoms with Crippen molar-refractivity contribution in [3.05, 3.63) is 54.4 Å². The number of ether oxygens (including phenoxy) is 1. The van der Waals surface area contributed by atoms with Gasteiger partial charge in [-0.15, -0.1) is 0 Å². The van der Waals surface area contributed by atoms with E-state index in [0.29, 0.717) is 0 Å². The maximum atomic E-state index is 12.3. The zero-order valence-electron chi connectivity index (χ0n) is 14.9. The number of nitrogens with zero attached hydrogens (tertiary/aromatic N) is 2. The third kappa shape index (κ3) is 3.59. The van der Waals surface area contributed by atoms with Gasteiger partial charge in [-0.05, 0) is 42.8 Å². The number of methoxy groups -OCH3 is 1. The van der Waals surface area contributed by atoms with Crippen LogP contribution in [0.5, 0.6) is 5.75 Å². The number of carbonyl (C=O) groups excluding carboxylic acids is 1. The molecule has 7 heteroatoms. The number of benzene rings is 2. The highest BCUT2D eigenvalue weighted by atomic mass is 32.2. The van der Waals surface area contributed by atoms with Gasteiger partial charge in [-0.25, -0.2) is 9.97 Å². The molecule has 0 saturated heterocycles. The second kappa shape index (κ2) is 7.28. The molecule has 0 atom stereocenters.